The number of nitrogens with one attached hydrogen (secondary N) is 2. The zero-order valence-electron chi connectivity index (χ0n) is 13.8. The number of rotatable bonds is 5. The SMILES string of the molecule is NNCC(=O)Nc1nc2c(s1)C(=O)C(C(=O)c1ccc(N)nc1)CCC2. The average Bonchev–Trinajstić information content (AvgIpc) is 2.94. The van der Waals surface area contributed by atoms with Crippen molar-refractivity contribution in [1.82, 2.24) is 15.4 Å². The van der Waals surface area contributed by atoms with Gasteiger partial charge >= 0.3 is 0 Å². The summed E-state index contributed by atoms with van der Waals surface area (Å²) >= 11 is 1.08. The molecule has 6 N–H and O–H groups in total. The molecule has 0 radical (unpaired) electrons. The lowest BCUT2D eigenvalue weighted by atomic mass is 9.91. The molecule has 1 unspecified atom stereocenters. The van der Waals surface area contributed by atoms with E-state index in [4.69, 9.17) is 11.6 Å². The third-order valence-electron chi connectivity index (χ3n) is 4.04. The Labute approximate surface area is 153 Å². The van der Waals surface area contributed by atoms with Crippen LogP contribution in [0.2, 0.25) is 0 Å². The minimum absolute atomic E-state index is 0.0660. The van der Waals surface area contributed by atoms with E-state index in [-0.39, 0.29) is 24.0 Å². The zero-order chi connectivity index (χ0) is 18.7. The number of anilines is 2. The highest BCUT2D eigenvalue weighted by molar-refractivity contribution is 7.17. The van der Waals surface area contributed by atoms with E-state index in [1.165, 1.54) is 12.3 Å². The molecule has 1 amide bonds. The minimum atomic E-state index is -0.781. The maximum Gasteiger partial charge on any atom is 0.241 e. The summed E-state index contributed by atoms with van der Waals surface area (Å²) in [7, 11) is 0. The fraction of sp³-hybridized carbons (Fsp3) is 0.312. The van der Waals surface area contributed by atoms with E-state index < -0.39 is 5.92 Å². The number of nitrogen functional groups attached to an aromatic ring is 1. The number of hydrogen-bond acceptors (Lipinski definition) is 9. The van der Waals surface area contributed by atoms with Crippen molar-refractivity contribution in [1.29, 1.82) is 0 Å². The van der Waals surface area contributed by atoms with Crippen LogP contribution in [0.25, 0.3) is 0 Å². The standard InChI is InChI=1S/C16H18N6O3S/c17-11-5-4-8(6-19-11)13(24)9-2-1-3-10-15(14(9)25)26-16(21-10)22-12(23)7-20-18/h4-6,9,20H,1-3,7,18H2,(H2,17,19)(H,21,22,23). The summed E-state index contributed by atoms with van der Waals surface area (Å²) in [6.45, 7) is -0.0660. The quantitative estimate of drug-likeness (QED) is 0.194. The number of thiazole rings is 1. The van der Waals surface area contributed by atoms with Gasteiger partial charge in [-0.3, -0.25) is 25.7 Å². The second kappa shape index (κ2) is 7.68. The number of carbonyl (C=O) groups excluding carboxylic acids is 3. The molecular weight excluding hydrogens is 356 g/mol. The molecule has 26 heavy (non-hydrogen) atoms. The van der Waals surface area contributed by atoms with Crippen LogP contribution in [0.4, 0.5) is 10.9 Å². The predicted octanol–water partition coefficient (Wildman–Crippen LogP) is 0.540. The van der Waals surface area contributed by atoms with Crippen molar-refractivity contribution in [2.45, 2.75) is 19.3 Å². The highest BCUT2D eigenvalue weighted by atomic mass is 32.1. The summed E-state index contributed by atoms with van der Waals surface area (Å²) in [6.07, 6.45) is 3.06. The number of hydrazine groups is 1. The van der Waals surface area contributed by atoms with Crippen LogP contribution in [-0.4, -0.2) is 34.0 Å². The van der Waals surface area contributed by atoms with E-state index in [0.717, 1.165) is 11.3 Å². The Balaban J connectivity index is 1.83. The normalized spacial score (nSPS) is 16.7. The van der Waals surface area contributed by atoms with Crippen molar-refractivity contribution in [3.63, 3.8) is 0 Å². The molecule has 1 aliphatic rings. The van der Waals surface area contributed by atoms with Crippen LogP contribution in [0.1, 0.15) is 38.6 Å². The second-order valence-electron chi connectivity index (χ2n) is 5.87. The number of amides is 1. The Morgan fingerprint density at radius 3 is 2.85 bits per heavy atom. The van der Waals surface area contributed by atoms with Gasteiger partial charge in [-0.25, -0.2) is 9.97 Å². The van der Waals surface area contributed by atoms with Crippen molar-refractivity contribution in [2.24, 2.45) is 11.8 Å². The second-order valence-corrected chi connectivity index (χ2v) is 6.87. The molecule has 0 fully saturated rings. The van der Waals surface area contributed by atoms with Crippen LogP contribution in [0.3, 0.4) is 0 Å². The number of nitrogens with zero attached hydrogens (tertiary/aromatic N) is 2. The summed E-state index contributed by atoms with van der Waals surface area (Å²) in [6, 6.07) is 3.10. The Hall–Kier alpha value is -2.69. The van der Waals surface area contributed by atoms with Crippen molar-refractivity contribution in [3.05, 3.63) is 34.5 Å². The van der Waals surface area contributed by atoms with Gasteiger partial charge in [-0.2, -0.15) is 0 Å². The molecule has 2 heterocycles. The van der Waals surface area contributed by atoms with Crippen LogP contribution >= 0.6 is 11.3 Å². The number of hydrogen-bond donors (Lipinski definition) is 4. The summed E-state index contributed by atoms with van der Waals surface area (Å²) in [4.78, 5) is 45.9. The summed E-state index contributed by atoms with van der Waals surface area (Å²) < 4.78 is 0. The summed E-state index contributed by atoms with van der Waals surface area (Å²) in [5, 5.41) is 2.91. The van der Waals surface area contributed by atoms with Gasteiger partial charge in [-0.1, -0.05) is 11.3 Å². The first-order chi connectivity index (χ1) is 12.5. The fourth-order valence-electron chi connectivity index (χ4n) is 2.79. The first kappa shape index (κ1) is 18.1. The molecule has 0 bridgehead atoms. The Bertz CT molecular complexity index is 848. The van der Waals surface area contributed by atoms with E-state index in [9.17, 15) is 14.4 Å². The predicted molar refractivity (Wildman–Crippen MR) is 96.7 cm³/mol. The molecule has 0 saturated heterocycles. The van der Waals surface area contributed by atoms with Gasteiger partial charge < -0.3 is 11.1 Å². The van der Waals surface area contributed by atoms with Gasteiger partial charge in [0.25, 0.3) is 0 Å². The lowest BCUT2D eigenvalue weighted by Crippen LogP contribution is -2.32. The molecule has 2 aromatic rings. The van der Waals surface area contributed by atoms with Gasteiger partial charge in [0.2, 0.25) is 5.91 Å². The molecule has 9 nitrogen and oxygen atoms in total. The topological polar surface area (TPSA) is 153 Å². The number of nitrogens with two attached hydrogens (primary N) is 2. The average molecular weight is 374 g/mol. The largest absolute Gasteiger partial charge is 0.384 e. The molecule has 0 spiro atoms. The lowest BCUT2D eigenvalue weighted by Gasteiger charge is -2.11. The van der Waals surface area contributed by atoms with Crippen LogP contribution in [-0.2, 0) is 11.2 Å². The van der Waals surface area contributed by atoms with Gasteiger partial charge in [0.05, 0.1) is 23.0 Å². The van der Waals surface area contributed by atoms with Crippen LogP contribution in [0.15, 0.2) is 18.3 Å². The maximum absolute atomic E-state index is 12.9. The molecule has 10 heteroatoms. The zero-order valence-corrected chi connectivity index (χ0v) is 14.6. The van der Waals surface area contributed by atoms with Gasteiger partial charge in [0, 0.05) is 11.8 Å². The number of aryl methyl sites for hydroxylation is 1. The summed E-state index contributed by atoms with van der Waals surface area (Å²) in [5.41, 5.74) is 8.76. The number of pyridine rings is 1. The fourth-order valence-corrected chi connectivity index (χ4v) is 3.81. The molecule has 136 valence electrons. The molecule has 0 aliphatic heterocycles. The van der Waals surface area contributed by atoms with E-state index in [0.29, 0.717) is 46.3 Å². The van der Waals surface area contributed by atoms with E-state index >= 15 is 0 Å². The van der Waals surface area contributed by atoms with Gasteiger partial charge in [-0.15, -0.1) is 0 Å². The number of ketones is 2. The molecule has 0 saturated carbocycles. The molecule has 1 atom stereocenters. The van der Waals surface area contributed by atoms with Crippen LogP contribution in [0, 0.1) is 5.92 Å². The number of aromatic nitrogens is 2. The Morgan fingerprint density at radius 2 is 2.15 bits per heavy atom. The van der Waals surface area contributed by atoms with E-state index in [1.807, 2.05) is 0 Å². The minimum Gasteiger partial charge on any atom is -0.384 e. The van der Waals surface area contributed by atoms with E-state index in [2.05, 4.69) is 20.7 Å². The third-order valence-corrected chi connectivity index (χ3v) is 5.07. The number of carbonyl (C=O) groups is 3. The van der Waals surface area contributed by atoms with Crippen molar-refractivity contribution < 1.29 is 14.4 Å². The van der Waals surface area contributed by atoms with Gasteiger partial charge in [0.1, 0.15) is 5.82 Å². The molecule has 3 rings (SSSR count). The van der Waals surface area contributed by atoms with E-state index in [1.54, 1.807) is 6.07 Å². The van der Waals surface area contributed by atoms with Crippen molar-refractivity contribution in [2.75, 3.05) is 17.6 Å². The van der Waals surface area contributed by atoms with Crippen LogP contribution in [0.5, 0.6) is 0 Å². The summed E-state index contributed by atoms with van der Waals surface area (Å²) in [5.74, 6) is 3.73. The van der Waals surface area contributed by atoms with Gasteiger partial charge in [-0.05, 0) is 31.4 Å². The molecule has 1 aliphatic carbocycles. The smallest absolute Gasteiger partial charge is 0.241 e. The third kappa shape index (κ3) is 3.77. The molecular formula is C16H18N6O3S. The Morgan fingerprint density at radius 1 is 1.35 bits per heavy atom. The monoisotopic (exact) mass is 374 g/mol. The van der Waals surface area contributed by atoms with Crippen molar-refractivity contribution in [3.8, 4) is 0 Å². The first-order valence-electron chi connectivity index (χ1n) is 8.02. The number of fused-ring (bicyclic) bond motifs is 1. The highest BCUT2D eigenvalue weighted by Crippen LogP contribution is 2.32. The lowest BCUT2D eigenvalue weighted by molar-refractivity contribution is -0.115. The van der Waals surface area contributed by atoms with Crippen LogP contribution < -0.4 is 22.3 Å². The number of Topliss-reactive ketones (excluding diaryl/α,β-unsaturated/α-hetero) is 2. The first-order valence-corrected chi connectivity index (χ1v) is 8.84. The highest BCUT2D eigenvalue weighted by Gasteiger charge is 2.34. The molecule has 0 aromatic carbocycles. The maximum atomic E-state index is 12.9. The van der Waals surface area contributed by atoms with Crippen molar-refractivity contribution >= 4 is 39.8 Å². The van der Waals surface area contributed by atoms with Gasteiger partial charge in [0.15, 0.2) is 16.7 Å². The molecule has 2 aromatic heterocycles. The Kier molecular flexibility index (Phi) is 5.35.